The van der Waals surface area contributed by atoms with Gasteiger partial charge in [0.05, 0.1) is 5.69 Å². The number of hydrogen-bond donors (Lipinski definition) is 2. The van der Waals surface area contributed by atoms with Gasteiger partial charge in [0.1, 0.15) is 9.81 Å². The van der Waals surface area contributed by atoms with Crippen LogP contribution in [0, 0.1) is 0 Å². The van der Waals surface area contributed by atoms with Gasteiger partial charge in [-0.25, -0.2) is 13.4 Å². The van der Waals surface area contributed by atoms with Gasteiger partial charge in [0, 0.05) is 10.1 Å². The number of rotatable bonds is 6. The number of aliphatic hydroxyl groups is 1. The van der Waals surface area contributed by atoms with Crippen molar-refractivity contribution in [2.75, 3.05) is 4.72 Å². The average molecular weight is 383 g/mol. The van der Waals surface area contributed by atoms with Crippen LogP contribution < -0.4 is 4.72 Å². The minimum absolute atomic E-state index is 0.252. The molecule has 2 heterocycles. The second-order valence-electron chi connectivity index (χ2n) is 5.49. The molecule has 3 aromatic rings. The Balaban J connectivity index is 1.88. The smallest absolute Gasteiger partial charge is 0.273 e. The number of thiophene rings is 1. The lowest BCUT2D eigenvalue weighted by atomic mass is 9.94. The molecule has 128 valence electrons. The number of benzene rings is 1. The summed E-state index contributed by atoms with van der Waals surface area (Å²) in [4.78, 5) is 4.27. The Bertz CT molecular complexity index is 923. The normalized spacial score (nSPS) is 12.6. The lowest BCUT2D eigenvalue weighted by Crippen LogP contribution is -2.24. The Kier molecular flexibility index (Phi) is 4.65. The number of sulfonamides is 1. The Morgan fingerprint density at radius 2 is 1.96 bits per heavy atom. The summed E-state index contributed by atoms with van der Waals surface area (Å²) in [5.74, 6) is 0. The predicted octanol–water partition coefficient (Wildman–Crippen LogP) is 4.17. The lowest BCUT2D eigenvalue weighted by molar-refractivity contribution is 0.0247. The van der Waals surface area contributed by atoms with E-state index >= 15 is 0 Å². The third-order valence-electron chi connectivity index (χ3n) is 4.04. The Hall–Kier alpha value is -1.48. The van der Waals surface area contributed by atoms with Crippen molar-refractivity contribution in [1.29, 1.82) is 0 Å². The minimum Gasteiger partial charge on any atom is -0.384 e. The number of fused-ring (bicyclic) bond motifs is 1. The molecular formula is C16H18N2O3S3. The van der Waals surface area contributed by atoms with E-state index < -0.39 is 15.6 Å². The maximum atomic E-state index is 12.6. The molecule has 0 radical (unpaired) electrons. The van der Waals surface area contributed by atoms with Gasteiger partial charge < -0.3 is 5.11 Å². The quantitative estimate of drug-likeness (QED) is 0.671. The number of aromatic nitrogens is 1. The fourth-order valence-electron chi connectivity index (χ4n) is 2.40. The van der Waals surface area contributed by atoms with Crippen molar-refractivity contribution in [3.8, 4) is 0 Å². The van der Waals surface area contributed by atoms with Gasteiger partial charge in [0.15, 0.2) is 5.13 Å². The highest BCUT2D eigenvalue weighted by atomic mass is 32.2. The highest BCUT2D eigenvalue weighted by Gasteiger charge is 2.28. The molecule has 0 spiro atoms. The van der Waals surface area contributed by atoms with Crippen molar-refractivity contribution < 1.29 is 13.5 Å². The molecule has 1 aromatic carbocycles. The zero-order valence-electron chi connectivity index (χ0n) is 13.3. The molecule has 5 nitrogen and oxygen atoms in total. The van der Waals surface area contributed by atoms with Gasteiger partial charge in [-0.2, -0.15) is 0 Å². The molecule has 0 fully saturated rings. The first-order valence-corrected chi connectivity index (χ1v) is 10.8. The highest BCUT2D eigenvalue weighted by molar-refractivity contribution is 7.95. The number of nitrogens with zero attached hydrogens (tertiary/aromatic N) is 1. The van der Waals surface area contributed by atoms with Crippen LogP contribution in [0.15, 0.2) is 39.9 Å². The van der Waals surface area contributed by atoms with Crippen LogP contribution in [0.3, 0.4) is 0 Å². The SMILES string of the molecule is CCC(O)(CC)c1csc(NS(=O)(=O)c2cc3ccccc3s2)n1. The maximum absolute atomic E-state index is 12.6. The zero-order valence-corrected chi connectivity index (χ0v) is 15.8. The first-order chi connectivity index (χ1) is 11.4. The summed E-state index contributed by atoms with van der Waals surface area (Å²) in [5.41, 5.74) is -0.510. The summed E-state index contributed by atoms with van der Waals surface area (Å²) in [7, 11) is -3.69. The summed E-state index contributed by atoms with van der Waals surface area (Å²) in [6.07, 6.45) is 1.05. The minimum atomic E-state index is -3.69. The monoisotopic (exact) mass is 382 g/mol. The van der Waals surface area contributed by atoms with Crippen molar-refractivity contribution in [1.82, 2.24) is 4.98 Å². The van der Waals surface area contributed by atoms with Gasteiger partial charge in [-0.3, -0.25) is 4.72 Å². The zero-order chi connectivity index (χ0) is 17.4. The molecule has 0 saturated heterocycles. The van der Waals surface area contributed by atoms with Crippen molar-refractivity contribution in [2.45, 2.75) is 36.5 Å². The van der Waals surface area contributed by atoms with E-state index in [0.29, 0.717) is 18.5 Å². The predicted molar refractivity (Wildman–Crippen MR) is 99.2 cm³/mol. The maximum Gasteiger partial charge on any atom is 0.273 e. The molecule has 0 aliphatic heterocycles. The number of nitrogens with one attached hydrogen (secondary N) is 1. The van der Waals surface area contributed by atoms with Crippen molar-refractivity contribution >= 4 is 47.9 Å². The van der Waals surface area contributed by atoms with Crippen LogP contribution in [0.1, 0.15) is 32.4 Å². The molecule has 0 atom stereocenters. The van der Waals surface area contributed by atoms with Gasteiger partial charge in [-0.15, -0.1) is 22.7 Å². The van der Waals surface area contributed by atoms with E-state index in [1.54, 1.807) is 11.4 Å². The lowest BCUT2D eigenvalue weighted by Gasteiger charge is -2.22. The third-order valence-corrected chi connectivity index (χ3v) is 7.86. The Morgan fingerprint density at radius 1 is 1.25 bits per heavy atom. The van der Waals surface area contributed by atoms with Crippen LogP contribution in [0.5, 0.6) is 0 Å². The van der Waals surface area contributed by atoms with Gasteiger partial charge in [0.2, 0.25) is 0 Å². The van der Waals surface area contributed by atoms with Crippen molar-refractivity contribution in [3.05, 3.63) is 41.4 Å². The summed E-state index contributed by atoms with van der Waals surface area (Å²) in [6.45, 7) is 3.76. The van der Waals surface area contributed by atoms with E-state index in [2.05, 4.69) is 9.71 Å². The molecule has 0 unspecified atom stereocenters. The second-order valence-corrected chi connectivity index (χ2v) is 9.34. The molecule has 24 heavy (non-hydrogen) atoms. The van der Waals surface area contributed by atoms with E-state index in [9.17, 15) is 13.5 Å². The summed E-state index contributed by atoms with van der Waals surface area (Å²) in [6, 6.07) is 9.19. The molecule has 0 aliphatic rings. The first kappa shape index (κ1) is 17.3. The molecule has 2 N–H and O–H groups in total. The topological polar surface area (TPSA) is 79.3 Å². The number of anilines is 1. The van der Waals surface area contributed by atoms with E-state index in [1.807, 2.05) is 38.1 Å². The van der Waals surface area contributed by atoms with E-state index in [4.69, 9.17) is 0 Å². The molecule has 0 amide bonds. The standard InChI is InChI=1S/C16H18N2O3S3/c1-3-16(19,4-2)13-10-22-15(17-13)18-24(20,21)14-9-11-7-5-6-8-12(11)23-14/h5-10,19H,3-4H2,1-2H3,(H,17,18). The van der Waals surface area contributed by atoms with Gasteiger partial charge in [0.25, 0.3) is 10.0 Å². The fourth-order valence-corrected chi connectivity index (χ4v) is 5.86. The molecule has 3 rings (SSSR count). The molecule has 0 bridgehead atoms. The molecule has 0 aliphatic carbocycles. The first-order valence-electron chi connectivity index (χ1n) is 7.58. The molecule has 0 saturated carbocycles. The fraction of sp³-hybridized carbons (Fsp3) is 0.312. The van der Waals surface area contributed by atoms with Crippen LogP contribution in [-0.2, 0) is 15.6 Å². The van der Waals surface area contributed by atoms with Crippen molar-refractivity contribution in [3.63, 3.8) is 0 Å². The summed E-state index contributed by atoms with van der Waals surface area (Å²) in [5, 5.41) is 13.4. The van der Waals surface area contributed by atoms with Crippen LogP contribution in [-0.4, -0.2) is 18.5 Å². The molecule has 2 aromatic heterocycles. The Labute approximate surface area is 149 Å². The van der Waals surface area contributed by atoms with Crippen LogP contribution in [0.2, 0.25) is 0 Å². The van der Waals surface area contributed by atoms with Gasteiger partial charge >= 0.3 is 0 Å². The van der Waals surface area contributed by atoms with Crippen LogP contribution >= 0.6 is 22.7 Å². The average Bonchev–Trinajstić information content (AvgIpc) is 3.21. The van der Waals surface area contributed by atoms with E-state index in [1.165, 1.54) is 22.7 Å². The van der Waals surface area contributed by atoms with Crippen molar-refractivity contribution in [2.24, 2.45) is 0 Å². The molecular weight excluding hydrogens is 364 g/mol. The van der Waals surface area contributed by atoms with Crippen LogP contribution in [0.4, 0.5) is 5.13 Å². The van der Waals surface area contributed by atoms with Gasteiger partial charge in [-0.05, 0) is 30.4 Å². The summed E-state index contributed by atoms with van der Waals surface area (Å²) < 4.78 is 28.8. The third kappa shape index (κ3) is 3.19. The largest absolute Gasteiger partial charge is 0.384 e. The van der Waals surface area contributed by atoms with Crippen LogP contribution in [0.25, 0.3) is 10.1 Å². The van der Waals surface area contributed by atoms with E-state index in [0.717, 1.165) is 10.1 Å². The number of hydrogen-bond acceptors (Lipinski definition) is 6. The van der Waals surface area contributed by atoms with E-state index in [-0.39, 0.29) is 9.34 Å². The Morgan fingerprint density at radius 3 is 2.62 bits per heavy atom. The second kappa shape index (κ2) is 6.44. The van der Waals surface area contributed by atoms with Gasteiger partial charge in [-0.1, -0.05) is 32.0 Å². The number of thiazole rings is 1. The summed E-state index contributed by atoms with van der Waals surface area (Å²) >= 11 is 2.40. The molecule has 8 heteroatoms. The highest BCUT2D eigenvalue weighted by Crippen LogP contribution is 2.33.